The van der Waals surface area contributed by atoms with Gasteiger partial charge in [-0.1, -0.05) is 6.07 Å². The highest BCUT2D eigenvalue weighted by molar-refractivity contribution is 5.68. The molecule has 1 aromatic rings. The maximum absolute atomic E-state index is 10.7. The van der Waals surface area contributed by atoms with Crippen molar-refractivity contribution in [1.29, 1.82) is 0 Å². The number of hydrogen-bond donors (Lipinski definition) is 2. The fourth-order valence-corrected chi connectivity index (χ4v) is 1.92. The average Bonchev–Trinajstić information content (AvgIpc) is 2.36. The number of rotatable bonds is 8. The summed E-state index contributed by atoms with van der Waals surface area (Å²) < 4.78 is 5.84. The summed E-state index contributed by atoms with van der Waals surface area (Å²) in [5.74, 6) is -0.00406. The summed E-state index contributed by atoms with van der Waals surface area (Å²) in [5.41, 5.74) is 2.05. The molecule has 0 aliphatic rings. The quantitative estimate of drug-likeness (QED) is 0.763. The molecule has 0 amide bonds. The number of nitrogens with zero attached hydrogens (tertiary/aromatic N) is 1. The molecule has 0 aromatic heterocycles. The number of benzene rings is 1. The maximum Gasteiger partial charge on any atom is 0.305 e. The highest BCUT2D eigenvalue weighted by Crippen LogP contribution is 2.30. The third kappa shape index (κ3) is 5.09. The van der Waals surface area contributed by atoms with Crippen LogP contribution in [0.25, 0.3) is 0 Å². The lowest BCUT2D eigenvalue weighted by Crippen LogP contribution is -2.22. The Bertz CT molecular complexity index is 447. The van der Waals surface area contributed by atoms with Gasteiger partial charge >= 0.3 is 5.97 Å². The van der Waals surface area contributed by atoms with Crippen LogP contribution in [-0.2, 0) is 11.3 Å². The number of carbonyl (C=O) groups is 1. The minimum Gasteiger partial charge on any atom is -0.489 e. The van der Waals surface area contributed by atoms with Crippen molar-refractivity contribution in [3.8, 4) is 5.75 Å². The van der Waals surface area contributed by atoms with Gasteiger partial charge in [0.05, 0.1) is 18.2 Å². The summed E-state index contributed by atoms with van der Waals surface area (Å²) in [5, 5.41) is 11.9. The lowest BCUT2D eigenvalue weighted by atomic mass is 10.1. The smallest absolute Gasteiger partial charge is 0.305 e. The van der Waals surface area contributed by atoms with Gasteiger partial charge in [0.25, 0.3) is 0 Å². The first-order valence-electron chi connectivity index (χ1n) is 6.81. The molecule has 0 spiro atoms. The zero-order valence-electron chi connectivity index (χ0n) is 12.6. The van der Waals surface area contributed by atoms with Gasteiger partial charge < -0.3 is 20.1 Å². The van der Waals surface area contributed by atoms with Crippen LogP contribution in [0.15, 0.2) is 18.2 Å². The molecule has 0 radical (unpaired) electrons. The molecule has 0 bridgehead atoms. The zero-order chi connectivity index (χ0) is 15.1. The lowest BCUT2D eigenvalue weighted by molar-refractivity contribution is -0.136. The van der Waals surface area contributed by atoms with Crippen LogP contribution in [0, 0.1) is 0 Å². The molecule has 0 saturated heterocycles. The van der Waals surface area contributed by atoms with Gasteiger partial charge in [0, 0.05) is 20.1 Å². The van der Waals surface area contributed by atoms with Gasteiger partial charge in [-0.05, 0) is 38.6 Å². The Balaban J connectivity index is 2.94. The second kappa shape index (κ2) is 7.75. The number of aliphatic carboxylic acids is 1. The second-order valence-electron chi connectivity index (χ2n) is 5.06. The molecule has 0 saturated carbocycles. The normalized spacial score (nSPS) is 10.7. The van der Waals surface area contributed by atoms with Gasteiger partial charge in [0.1, 0.15) is 5.75 Å². The molecule has 0 aliphatic heterocycles. The molecule has 0 atom stereocenters. The summed E-state index contributed by atoms with van der Waals surface area (Å²) >= 11 is 0. The predicted molar refractivity (Wildman–Crippen MR) is 80.5 cm³/mol. The molecular weight excluding hydrogens is 256 g/mol. The van der Waals surface area contributed by atoms with Crippen molar-refractivity contribution in [2.45, 2.75) is 32.9 Å². The number of nitrogens with one attached hydrogen (secondary N) is 1. The van der Waals surface area contributed by atoms with Crippen LogP contribution in [0.5, 0.6) is 5.75 Å². The van der Waals surface area contributed by atoms with E-state index in [4.69, 9.17) is 9.84 Å². The first-order valence-corrected chi connectivity index (χ1v) is 6.81. The van der Waals surface area contributed by atoms with Crippen molar-refractivity contribution in [3.05, 3.63) is 23.8 Å². The SMILES string of the molecule is CNCc1ccc(N(C)CCC(=O)O)c(OC(C)C)c1. The standard InChI is InChI=1S/C15H24N2O3/c1-11(2)20-14-9-12(10-16-3)5-6-13(14)17(4)8-7-15(18)19/h5-6,9,11,16H,7-8,10H2,1-4H3,(H,18,19). The van der Waals surface area contributed by atoms with Crippen molar-refractivity contribution in [3.63, 3.8) is 0 Å². The molecule has 0 unspecified atom stereocenters. The van der Waals surface area contributed by atoms with E-state index in [0.29, 0.717) is 6.54 Å². The molecule has 1 aromatic carbocycles. The van der Waals surface area contributed by atoms with E-state index >= 15 is 0 Å². The van der Waals surface area contributed by atoms with E-state index in [1.165, 1.54) is 0 Å². The van der Waals surface area contributed by atoms with Crippen molar-refractivity contribution in [2.24, 2.45) is 0 Å². The minimum atomic E-state index is -0.796. The Morgan fingerprint density at radius 3 is 2.70 bits per heavy atom. The molecule has 5 heteroatoms. The minimum absolute atomic E-state index is 0.0754. The van der Waals surface area contributed by atoms with E-state index < -0.39 is 5.97 Å². The van der Waals surface area contributed by atoms with Crippen LogP contribution in [0.3, 0.4) is 0 Å². The Hall–Kier alpha value is -1.75. The van der Waals surface area contributed by atoms with Gasteiger partial charge in [-0.3, -0.25) is 4.79 Å². The monoisotopic (exact) mass is 280 g/mol. The van der Waals surface area contributed by atoms with Crippen LogP contribution in [-0.4, -0.2) is 37.8 Å². The van der Waals surface area contributed by atoms with Crippen LogP contribution >= 0.6 is 0 Å². The summed E-state index contributed by atoms with van der Waals surface area (Å²) in [4.78, 5) is 12.6. The third-order valence-corrected chi connectivity index (χ3v) is 2.84. The van der Waals surface area contributed by atoms with Gasteiger partial charge in [0.15, 0.2) is 0 Å². The molecular formula is C15H24N2O3. The van der Waals surface area contributed by atoms with E-state index in [9.17, 15) is 4.79 Å². The number of carboxylic acid groups (broad SMARTS) is 1. The Morgan fingerprint density at radius 1 is 1.45 bits per heavy atom. The van der Waals surface area contributed by atoms with Crippen LogP contribution in [0.1, 0.15) is 25.8 Å². The van der Waals surface area contributed by atoms with Gasteiger partial charge in [-0.2, -0.15) is 0 Å². The molecule has 0 heterocycles. The van der Waals surface area contributed by atoms with Gasteiger partial charge in [-0.25, -0.2) is 0 Å². The highest BCUT2D eigenvalue weighted by Gasteiger charge is 2.12. The summed E-state index contributed by atoms with van der Waals surface area (Å²) in [6.45, 7) is 5.18. The lowest BCUT2D eigenvalue weighted by Gasteiger charge is -2.23. The molecule has 112 valence electrons. The molecule has 1 rings (SSSR count). The highest BCUT2D eigenvalue weighted by atomic mass is 16.5. The Morgan fingerprint density at radius 2 is 2.15 bits per heavy atom. The molecule has 0 aliphatic carbocycles. The van der Waals surface area contributed by atoms with Crippen molar-refractivity contribution < 1.29 is 14.6 Å². The fourth-order valence-electron chi connectivity index (χ4n) is 1.92. The number of hydrogen-bond acceptors (Lipinski definition) is 4. The fraction of sp³-hybridized carbons (Fsp3) is 0.533. The summed E-state index contributed by atoms with van der Waals surface area (Å²) in [6, 6.07) is 6.01. The topological polar surface area (TPSA) is 61.8 Å². The Kier molecular flexibility index (Phi) is 6.31. The van der Waals surface area contributed by atoms with Crippen LogP contribution in [0.4, 0.5) is 5.69 Å². The van der Waals surface area contributed by atoms with Crippen molar-refractivity contribution >= 4 is 11.7 Å². The van der Waals surface area contributed by atoms with E-state index in [2.05, 4.69) is 5.32 Å². The van der Waals surface area contributed by atoms with E-state index in [0.717, 1.165) is 23.5 Å². The third-order valence-electron chi connectivity index (χ3n) is 2.84. The first-order chi connectivity index (χ1) is 9.43. The Labute approximate surface area is 120 Å². The maximum atomic E-state index is 10.7. The predicted octanol–water partition coefficient (Wildman–Crippen LogP) is 2.10. The number of anilines is 1. The van der Waals surface area contributed by atoms with E-state index in [1.54, 1.807) is 0 Å². The van der Waals surface area contributed by atoms with Gasteiger partial charge in [-0.15, -0.1) is 0 Å². The van der Waals surface area contributed by atoms with Gasteiger partial charge in [0.2, 0.25) is 0 Å². The molecule has 5 nitrogen and oxygen atoms in total. The van der Waals surface area contributed by atoms with Crippen LogP contribution in [0.2, 0.25) is 0 Å². The molecule has 0 fully saturated rings. The van der Waals surface area contributed by atoms with Crippen molar-refractivity contribution in [2.75, 3.05) is 25.5 Å². The average molecular weight is 280 g/mol. The zero-order valence-corrected chi connectivity index (χ0v) is 12.6. The molecule has 20 heavy (non-hydrogen) atoms. The summed E-state index contributed by atoms with van der Waals surface area (Å²) in [7, 11) is 3.78. The van der Waals surface area contributed by atoms with E-state index in [-0.39, 0.29) is 12.5 Å². The first kappa shape index (κ1) is 16.3. The van der Waals surface area contributed by atoms with Crippen LogP contribution < -0.4 is 15.0 Å². The van der Waals surface area contributed by atoms with E-state index in [1.807, 2.05) is 51.0 Å². The largest absolute Gasteiger partial charge is 0.489 e. The number of carboxylic acids is 1. The summed E-state index contributed by atoms with van der Waals surface area (Å²) in [6.07, 6.45) is 0.182. The number of ether oxygens (including phenoxy) is 1. The molecule has 2 N–H and O–H groups in total. The second-order valence-corrected chi connectivity index (χ2v) is 5.06. The van der Waals surface area contributed by atoms with Crippen molar-refractivity contribution in [1.82, 2.24) is 5.32 Å².